The average Bonchev–Trinajstić information content (AvgIpc) is 3.52. The molecule has 0 saturated carbocycles. The van der Waals surface area contributed by atoms with Crippen molar-refractivity contribution in [2.75, 3.05) is 31.6 Å². The number of ether oxygens (including phenoxy) is 1. The summed E-state index contributed by atoms with van der Waals surface area (Å²) in [6.45, 7) is 1.15. The van der Waals surface area contributed by atoms with E-state index in [9.17, 15) is 22.7 Å². The van der Waals surface area contributed by atoms with Gasteiger partial charge in [0.1, 0.15) is 0 Å². The number of hydrogen-bond acceptors (Lipinski definition) is 9. The van der Waals surface area contributed by atoms with Crippen LogP contribution in [0.2, 0.25) is 0 Å². The van der Waals surface area contributed by atoms with Crippen LogP contribution in [-0.4, -0.2) is 72.9 Å². The molecule has 13 heteroatoms. The molecule has 2 fully saturated rings. The minimum atomic E-state index is -3.77. The van der Waals surface area contributed by atoms with E-state index in [0.717, 1.165) is 6.20 Å². The van der Waals surface area contributed by atoms with Crippen LogP contribution >= 0.6 is 11.3 Å². The maximum absolute atomic E-state index is 13.2. The highest BCUT2D eigenvalue weighted by Gasteiger charge is 2.31. The Hall–Kier alpha value is -2.45. The maximum Gasteiger partial charge on any atom is 0.280 e. The predicted octanol–water partition coefficient (Wildman–Crippen LogP) is 1.19. The van der Waals surface area contributed by atoms with Gasteiger partial charge in [0, 0.05) is 25.1 Å². The zero-order valence-electron chi connectivity index (χ0n) is 16.8. The number of carbonyl (C=O) groups excluding carboxylic acids is 1. The van der Waals surface area contributed by atoms with Crippen molar-refractivity contribution >= 4 is 38.1 Å². The number of nitrogens with one attached hydrogen (secondary N) is 1. The van der Waals surface area contributed by atoms with Gasteiger partial charge in [-0.3, -0.25) is 10.1 Å². The second-order valence-electron chi connectivity index (χ2n) is 7.28. The Bertz CT molecular complexity index is 1100. The molecular formula is C19H21FN4O6S2. The van der Waals surface area contributed by atoms with E-state index in [1.807, 2.05) is 0 Å². The molecule has 32 heavy (non-hydrogen) atoms. The van der Waals surface area contributed by atoms with Gasteiger partial charge in [-0.2, -0.15) is 8.70 Å². The van der Waals surface area contributed by atoms with Gasteiger partial charge >= 0.3 is 0 Å². The van der Waals surface area contributed by atoms with E-state index in [2.05, 4.69) is 15.5 Å². The summed E-state index contributed by atoms with van der Waals surface area (Å²) in [4.78, 5) is 22.0. The lowest BCUT2D eigenvalue weighted by molar-refractivity contribution is -0.110. The second-order valence-corrected chi connectivity index (χ2v) is 10.2. The van der Waals surface area contributed by atoms with E-state index in [-0.39, 0.29) is 34.9 Å². The molecule has 0 radical (unpaired) electrons. The molecular weight excluding hydrogens is 463 g/mol. The van der Waals surface area contributed by atoms with Gasteiger partial charge in [-0.05, 0) is 18.6 Å². The van der Waals surface area contributed by atoms with Gasteiger partial charge < -0.3 is 14.7 Å². The number of anilines is 1. The zero-order chi connectivity index (χ0) is 22.7. The Labute approximate surface area is 187 Å². The number of oxime groups is 1. The first kappa shape index (κ1) is 22.7. The minimum absolute atomic E-state index is 0.0298. The van der Waals surface area contributed by atoms with Crippen LogP contribution in [-0.2, 0) is 24.4 Å². The molecule has 0 bridgehead atoms. The molecule has 2 N–H and O–H groups in total. The number of aliphatic hydroxyl groups is 1. The van der Waals surface area contributed by atoms with Crippen molar-refractivity contribution in [1.29, 1.82) is 0 Å². The first-order chi connectivity index (χ1) is 15.3. The van der Waals surface area contributed by atoms with Crippen LogP contribution in [0.15, 0.2) is 40.5 Å². The summed E-state index contributed by atoms with van der Waals surface area (Å²) < 4.78 is 45.2. The standard InChI is InChI=1S/C19H21FN4O6S2/c20-16-9-21-19(31-16)22-18(26)17(23-30-14-6-8-29-11-14)12-1-3-15(4-2-12)32(27,28)24-7-5-13(25)10-24/h1-4,9,13-14,25H,5-8,10-11H2,(H,21,22,26)/t13-,14+/m0/s1. The number of amides is 1. The van der Waals surface area contributed by atoms with Gasteiger partial charge in [0.15, 0.2) is 22.1 Å². The predicted molar refractivity (Wildman–Crippen MR) is 113 cm³/mol. The van der Waals surface area contributed by atoms with E-state index < -0.39 is 27.2 Å². The summed E-state index contributed by atoms with van der Waals surface area (Å²) in [6, 6.07) is 5.60. The molecule has 0 aliphatic carbocycles. The molecule has 4 rings (SSSR count). The molecule has 1 aromatic heterocycles. The second kappa shape index (κ2) is 9.58. The molecule has 2 aliphatic rings. The molecule has 10 nitrogen and oxygen atoms in total. The fraction of sp³-hybridized carbons (Fsp3) is 0.421. The molecule has 2 atom stereocenters. The monoisotopic (exact) mass is 484 g/mol. The van der Waals surface area contributed by atoms with E-state index in [0.29, 0.717) is 43.0 Å². The fourth-order valence-electron chi connectivity index (χ4n) is 3.28. The highest BCUT2D eigenvalue weighted by atomic mass is 32.2. The van der Waals surface area contributed by atoms with Crippen LogP contribution < -0.4 is 5.32 Å². The summed E-state index contributed by atoms with van der Waals surface area (Å²) in [7, 11) is -3.77. The maximum atomic E-state index is 13.2. The summed E-state index contributed by atoms with van der Waals surface area (Å²) in [5.41, 5.74) is 0.187. The quantitative estimate of drug-likeness (QED) is 0.446. The number of β-amino-alcohol motifs (C(OH)–C–C–N with tert-alkyl or cyclic N) is 1. The Morgan fingerprint density at radius 1 is 1.34 bits per heavy atom. The molecule has 2 aromatic rings. The summed E-state index contributed by atoms with van der Waals surface area (Å²) in [5, 5.41) is 15.6. The summed E-state index contributed by atoms with van der Waals surface area (Å²) in [6.07, 6.45) is 0.997. The number of nitrogens with zero attached hydrogens (tertiary/aromatic N) is 3. The van der Waals surface area contributed by atoms with Crippen LogP contribution in [0, 0.1) is 5.13 Å². The van der Waals surface area contributed by atoms with Crippen LogP contribution in [0.4, 0.5) is 9.52 Å². The number of benzene rings is 1. The molecule has 3 heterocycles. The van der Waals surface area contributed by atoms with E-state index >= 15 is 0 Å². The van der Waals surface area contributed by atoms with Gasteiger partial charge in [-0.25, -0.2) is 13.4 Å². The molecule has 1 amide bonds. The normalized spacial score (nSPS) is 22.2. The number of hydrogen-bond donors (Lipinski definition) is 2. The average molecular weight is 485 g/mol. The van der Waals surface area contributed by atoms with Crippen LogP contribution in [0.1, 0.15) is 18.4 Å². The van der Waals surface area contributed by atoms with Crippen molar-refractivity contribution in [2.24, 2.45) is 5.16 Å². The third kappa shape index (κ3) is 5.13. The Balaban J connectivity index is 1.57. The minimum Gasteiger partial charge on any atom is -0.392 e. The van der Waals surface area contributed by atoms with Crippen molar-refractivity contribution in [1.82, 2.24) is 9.29 Å². The summed E-state index contributed by atoms with van der Waals surface area (Å²) >= 11 is 0.661. The number of aliphatic hydroxyl groups excluding tert-OH is 1. The molecule has 0 unspecified atom stereocenters. The Kier molecular flexibility index (Phi) is 6.81. The third-order valence-electron chi connectivity index (χ3n) is 4.99. The van der Waals surface area contributed by atoms with Crippen molar-refractivity contribution in [2.45, 2.75) is 29.9 Å². The lowest BCUT2D eigenvalue weighted by Gasteiger charge is -2.16. The number of halogens is 1. The van der Waals surface area contributed by atoms with Gasteiger partial charge in [-0.15, -0.1) is 0 Å². The van der Waals surface area contributed by atoms with Crippen LogP contribution in [0.5, 0.6) is 0 Å². The van der Waals surface area contributed by atoms with Crippen molar-refractivity contribution in [3.63, 3.8) is 0 Å². The van der Waals surface area contributed by atoms with Crippen molar-refractivity contribution < 1.29 is 32.3 Å². The highest BCUT2D eigenvalue weighted by Crippen LogP contribution is 2.22. The number of rotatable bonds is 7. The van der Waals surface area contributed by atoms with E-state index in [4.69, 9.17) is 9.57 Å². The topological polar surface area (TPSA) is 130 Å². The van der Waals surface area contributed by atoms with E-state index in [1.165, 1.54) is 28.6 Å². The zero-order valence-corrected chi connectivity index (χ0v) is 18.4. The SMILES string of the molecule is O=C(Nc1ncc(F)s1)C(=NO[C@@H]1CCOC1)c1ccc(S(=O)(=O)N2CC[C@H](O)C2)cc1. The van der Waals surface area contributed by atoms with Crippen LogP contribution in [0.3, 0.4) is 0 Å². The van der Waals surface area contributed by atoms with Gasteiger partial charge in [0.25, 0.3) is 5.91 Å². The lowest BCUT2D eigenvalue weighted by atomic mass is 10.1. The Morgan fingerprint density at radius 2 is 2.12 bits per heavy atom. The fourth-order valence-corrected chi connectivity index (χ4v) is 5.31. The third-order valence-corrected chi connectivity index (χ3v) is 7.57. The van der Waals surface area contributed by atoms with Crippen molar-refractivity contribution in [3.8, 4) is 0 Å². The number of sulfonamides is 1. The largest absolute Gasteiger partial charge is 0.392 e. The van der Waals surface area contributed by atoms with Gasteiger partial charge in [-0.1, -0.05) is 28.6 Å². The Morgan fingerprint density at radius 3 is 2.72 bits per heavy atom. The molecule has 1 aromatic carbocycles. The molecule has 2 saturated heterocycles. The summed E-state index contributed by atoms with van der Waals surface area (Å²) in [5.74, 6) is -0.684. The molecule has 172 valence electrons. The number of carbonyl (C=O) groups is 1. The number of thiazole rings is 1. The van der Waals surface area contributed by atoms with Crippen LogP contribution in [0.25, 0.3) is 0 Å². The first-order valence-corrected chi connectivity index (χ1v) is 12.1. The lowest BCUT2D eigenvalue weighted by Crippen LogP contribution is -2.30. The highest BCUT2D eigenvalue weighted by molar-refractivity contribution is 7.89. The number of aromatic nitrogens is 1. The molecule has 0 spiro atoms. The smallest absolute Gasteiger partial charge is 0.280 e. The van der Waals surface area contributed by atoms with Gasteiger partial charge in [0.2, 0.25) is 10.0 Å². The van der Waals surface area contributed by atoms with E-state index in [1.54, 1.807) is 0 Å². The van der Waals surface area contributed by atoms with Crippen molar-refractivity contribution in [3.05, 3.63) is 41.2 Å². The van der Waals surface area contributed by atoms with Gasteiger partial charge in [0.05, 0.1) is 30.4 Å². The first-order valence-electron chi connectivity index (χ1n) is 9.86. The molecule has 2 aliphatic heterocycles.